The molecule has 154 valence electrons. The highest BCUT2D eigenvalue weighted by molar-refractivity contribution is 6.09. The van der Waals surface area contributed by atoms with E-state index in [0.717, 1.165) is 0 Å². The van der Waals surface area contributed by atoms with Crippen LogP contribution in [0.15, 0.2) is 84.4 Å². The van der Waals surface area contributed by atoms with Gasteiger partial charge >= 0.3 is 5.97 Å². The Morgan fingerprint density at radius 1 is 0.968 bits per heavy atom. The van der Waals surface area contributed by atoms with E-state index in [2.05, 4.69) is 5.32 Å². The zero-order chi connectivity index (χ0) is 22.1. The second-order valence-corrected chi connectivity index (χ2v) is 6.38. The van der Waals surface area contributed by atoms with Crippen molar-refractivity contribution in [2.45, 2.75) is 6.92 Å². The van der Waals surface area contributed by atoms with E-state index in [1.165, 1.54) is 6.08 Å². The number of anilines is 1. The molecular weight excluding hydrogens is 392 g/mol. The Hall–Kier alpha value is -4.37. The number of rotatable bonds is 7. The fourth-order valence-electron chi connectivity index (χ4n) is 2.74. The van der Waals surface area contributed by atoms with Gasteiger partial charge in [-0.05, 0) is 55.0 Å². The lowest BCUT2D eigenvalue weighted by atomic mass is 10.1. The molecule has 0 saturated heterocycles. The summed E-state index contributed by atoms with van der Waals surface area (Å²) in [6.07, 6.45) is 1.45. The molecule has 0 aromatic heterocycles. The van der Waals surface area contributed by atoms with E-state index in [4.69, 9.17) is 9.47 Å². The zero-order valence-corrected chi connectivity index (χ0v) is 16.9. The lowest BCUT2D eigenvalue weighted by Crippen LogP contribution is -2.13. The molecule has 1 amide bonds. The summed E-state index contributed by atoms with van der Waals surface area (Å²) in [5, 5.41) is 12.1. The van der Waals surface area contributed by atoms with Crippen molar-refractivity contribution in [3.05, 3.63) is 95.6 Å². The molecule has 0 bridgehead atoms. The molecule has 0 fully saturated rings. The molecule has 1 N–H and O–H groups in total. The van der Waals surface area contributed by atoms with Crippen molar-refractivity contribution in [3.63, 3.8) is 0 Å². The number of para-hydroxylation sites is 1. The van der Waals surface area contributed by atoms with Crippen LogP contribution in [0.1, 0.15) is 22.8 Å². The van der Waals surface area contributed by atoms with Gasteiger partial charge in [-0.1, -0.05) is 42.5 Å². The smallest absolute Gasteiger partial charge is 0.343 e. The van der Waals surface area contributed by atoms with Crippen LogP contribution in [0.3, 0.4) is 0 Å². The van der Waals surface area contributed by atoms with Crippen LogP contribution in [-0.2, 0) is 4.79 Å². The molecule has 0 radical (unpaired) electrons. The van der Waals surface area contributed by atoms with Crippen LogP contribution >= 0.6 is 0 Å². The van der Waals surface area contributed by atoms with Gasteiger partial charge in [-0.3, -0.25) is 4.79 Å². The maximum atomic E-state index is 12.4. The molecule has 0 aliphatic carbocycles. The third-order valence-electron chi connectivity index (χ3n) is 4.19. The fourth-order valence-corrected chi connectivity index (χ4v) is 2.74. The molecule has 3 rings (SSSR count). The molecule has 6 heteroatoms. The number of benzene rings is 3. The van der Waals surface area contributed by atoms with Gasteiger partial charge in [0, 0.05) is 5.69 Å². The number of carbonyl (C=O) groups excluding carboxylic acids is 2. The Bertz CT molecular complexity index is 1130. The number of carbonyl (C=O) groups is 2. The number of nitrogens with zero attached hydrogens (tertiary/aromatic N) is 1. The largest absolute Gasteiger partial charge is 0.490 e. The van der Waals surface area contributed by atoms with Crippen LogP contribution < -0.4 is 14.8 Å². The van der Waals surface area contributed by atoms with Gasteiger partial charge in [-0.15, -0.1) is 0 Å². The van der Waals surface area contributed by atoms with E-state index in [9.17, 15) is 14.9 Å². The Balaban J connectivity index is 1.82. The van der Waals surface area contributed by atoms with Crippen LogP contribution in [0.2, 0.25) is 0 Å². The number of hydrogen-bond acceptors (Lipinski definition) is 5. The molecule has 0 aliphatic rings. The zero-order valence-electron chi connectivity index (χ0n) is 16.9. The summed E-state index contributed by atoms with van der Waals surface area (Å²) in [6, 6.07) is 24.2. The summed E-state index contributed by atoms with van der Waals surface area (Å²) in [4.78, 5) is 24.8. The van der Waals surface area contributed by atoms with E-state index in [1.807, 2.05) is 18.2 Å². The highest BCUT2D eigenvalue weighted by atomic mass is 16.6. The summed E-state index contributed by atoms with van der Waals surface area (Å²) in [6.45, 7) is 2.15. The van der Waals surface area contributed by atoms with Crippen LogP contribution in [-0.4, -0.2) is 18.5 Å². The maximum Gasteiger partial charge on any atom is 0.343 e. The summed E-state index contributed by atoms with van der Waals surface area (Å²) in [7, 11) is 0. The fraction of sp³-hybridized carbons (Fsp3) is 0.0800. The van der Waals surface area contributed by atoms with Gasteiger partial charge in [0.1, 0.15) is 11.6 Å². The van der Waals surface area contributed by atoms with Crippen molar-refractivity contribution in [1.82, 2.24) is 0 Å². The topological polar surface area (TPSA) is 88.4 Å². The normalized spacial score (nSPS) is 10.6. The lowest BCUT2D eigenvalue weighted by Gasteiger charge is -2.11. The van der Waals surface area contributed by atoms with Gasteiger partial charge < -0.3 is 14.8 Å². The third-order valence-corrected chi connectivity index (χ3v) is 4.19. The summed E-state index contributed by atoms with van der Waals surface area (Å²) >= 11 is 0. The summed E-state index contributed by atoms with van der Waals surface area (Å²) in [5.74, 6) is -0.447. The first-order chi connectivity index (χ1) is 15.1. The number of esters is 1. The molecular formula is C25H20N2O4. The van der Waals surface area contributed by atoms with Crippen LogP contribution in [0.5, 0.6) is 11.5 Å². The SMILES string of the molecule is CCOc1cc(/C=C(\C#N)C(=O)Nc2ccccc2)ccc1OC(=O)c1ccccc1. The highest BCUT2D eigenvalue weighted by Gasteiger charge is 2.14. The number of nitrogens with one attached hydrogen (secondary N) is 1. The number of amides is 1. The molecule has 3 aromatic rings. The van der Waals surface area contributed by atoms with Crippen molar-refractivity contribution in [3.8, 4) is 17.6 Å². The molecule has 0 unspecified atom stereocenters. The van der Waals surface area contributed by atoms with Gasteiger partial charge in [-0.25, -0.2) is 4.79 Å². The Labute approximate surface area is 180 Å². The average Bonchev–Trinajstić information content (AvgIpc) is 2.80. The Morgan fingerprint density at radius 2 is 1.65 bits per heavy atom. The molecule has 31 heavy (non-hydrogen) atoms. The van der Waals surface area contributed by atoms with Gasteiger partial charge in [0.25, 0.3) is 5.91 Å². The van der Waals surface area contributed by atoms with E-state index in [0.29, 0.717) is 29.2 Å². The van der Waals surface area contributed by atoms with Crippen molar-refractivity contribution in [2.75, 3.05) is 11.9 Å². The van der Waals surface area contributed by atoms with Crippen LogP contribution in [0.25, 0.3) is 6.08 Å². The maximum absolute atomic E-state index is 12.4. The minimum absolute atomic E-state index is 0.0691. The first-order valence-electron chi connectivity index (χ1n) is 9.63. The number of ether oxygens (including phenoxy) is 2. The second kappa shape index (κ2) is 10.4. The predicted octanol–water partition coefficient (Wildman–Crippen LogP) is 4.85. The average molecular weight is 412 g/mol. The minimum Gasteiger partial charge on any atom is -0.490 e. The summed E-state index contributed by atoms with van der Waals surface area (Å²) in [5.41, 5.74) is 1.49. The van der Waals surface area contributed by atoms with Gasteiger partial charge in [0.15, 0.2) is 11.5 Å². The second-order valence-electron chi connectivity index (χ2n) is 6.38. The standard InChI is InChI=1S/C25H20N2O4/c1-2-30-23-16-18(13-14-22(23)31-25(29)19-9-5-3-6-10-19)15-20(17-26)24(28)27-21-11-7-4-8-12-21/h3-16H,2H2,1H3,(H,27,28)/b20-15+. The Kier molecular flexibility index (Phi) is 7.17. The molecule has 0 atom stereocenters. The highest BCUT2D eigenvalue weighted by Crippen LogP contribution is 2.30. The van der Waals surface area contributed by atoms with Crippen molar-refractivity contribution in [2.24, 2.45) is 0 Å². The monoisotopic (exact) mass is 412 g/mol. The van der Waals surface area contributed by atoms with E-state index in [1.54, 1.807) is 73.7 Å². The summed E-state index contributed by atoms with van der Waals surface area (Å²) < 4.78 is 11.1. The van der Waals surface area contributed by atoms with Crippen LogP contribution in [0, 0.1) is 11.3 Å². The van der Waals surface area contributed by atoms with Gasteiger partial charge in [0.05, 0.1) is 12.2 Å². The van der Waals surface area contributed by atoms with Crippen molar-refractivity contribution < 1.29 is 19.1 Å². The minimum atomic E-state index is -0.522. The first kappa shape index (κ1) is 21.3. The van der Waals surface area contributed by atoms with Gasteiger partial charge in [-0.2, -0.15) is 5.26 Å². The van der Waals surface area contributed by atoms with Crippen LogP contribution in [0.4, 0.5) is 5.69 Å². The first-order valence-corrected chi connectivity index (χ1v) is 9.63. The molecule has 0 aliphatic heterocycles. The van der Waals surface area contributed by atoms with Crippen molar-refractivity contribution in [1.29, 1.82) is 5.26 Å². The molecule has 0 spiro atoms. The predicted molar refractivity (Wildman–Crippen MR) is 118 cm³/mol. The quantitative estimate of drug-likeness (QED) is 0.259. The Morgan fingerprint density at radius 3 is 2.29 bits per heavy atom. The molecule has 3 aromatic carbocycles. The number of nitriles is 1. The molecule has 0 heterocycles. The molecule has 0 saturated carbocycles. The van der Waals surface area contributed by atoms with E-state index in [-0.39, 0.29) is 11.3 Å². The molecule has 6 nitrogen and oxygen atoms in total. The number of hydrogen-bond donors (Lipinski definition) is 1. The third kappa shape index (κ3) is 5.81. The van der Waals surface area contributed by atoms with E-state index < -0.39 is 11.9 Å². The van der Waals surface area contributed by atoms with Crippen molar-refractivity contribution >= 4 is 23.6 Å². The lowest BCUT2D eigenvalue weighted by molar-refractivity contribution is -0.112. The van der Waals surface area contributed by atoms with Gasteiger partial charge in [0.2, 0.25) is 0 Å². The van der Waals surface area contributed by atoms with E-state index >= 15 is 0 Å².